The zero-order valence-electron chi connectivity index (χ0n) is 16.4. The molecule has 1 aromatic heterocycles. The highest BCUT2D eigenvalue weighted by atomic mass is 127. The third kappa shape index (κ3) is 5.54. The summed E-state index contributed by atoms with van der Waals surface area (Å²) < 4.78 is 5.34. The van der Waals surface area contributed by atoms with E-state index in [4.69, 9.17) is 4.52 Å². The summed E-state index contributed by atoms with van der Waals surface area (Å²) in [6.07, 6.45) is 3.28. The van der Waals surface area contributed by atoms with E-state index in [1.54, 1.807) is 7.05 Å². The topological polar surface area (TPSA) is 66.5 Å². The number of rotatable bonds is 3. The third-order valence-electron chi connectivity index (χ3n) is 4.38. The van der Waals surface area contributed by atoms with Gasteiger partial charge in [0.15, 0.2) is 11.8 Å². The number of benzene rings is 1. The van der Waals surface area contributed by atoms with Gasteiger partial charge in [0.25, 0.3) is 0 Å². The van der Waals surface area contributed by atoms with Crippen LogP contribution in [0.25, 0.3) is 5.57 Å². The van der Waals surface area contributed by atoms with E-state index < -0.39 is 0 Å². The molecule has 1 N–H and O–H groups in total. The molecule has 27 heavy (non-hydrogen) atoms. The molecule has 0 saturated carbocycles. The Kier molecular flexibility index (Phi) is 7.41. The molecule has 0 unspecified atom stereocenters. The van der Waals surface area contributed by atoms with Gasteiger partial charge in [-0.05, 0) is 17.6 Å². The van der Waals surface area contributed by atoms with Crippen molar-refractivity contribution in [2.45, 2.75) is 39.2 Å². The summed E-state index contributed by atoms with van der Waals surface area (Å²) in [4.78, 5) is 11.1. The second-order valence-electron chi connectivity index (χ2n) is 7.46. The molecule has 0 fully saturated rings. The highest BCUT2D eigenvalue weighted by molar-refractivity contribution is 14.0. The van der Waals surface area contributed by atoms with Crippen molar-refractivity contribution in [1.82, 2.24) is 20.4 Å². The van der Waals surface area contributed by atoms with E-state index in [1.807, 2.05) is 6.07 Å². The van der Waals surface area contributed by atoms with Crippen molar-refractivity contribution in [3.05, 3.63) is 53.7 Å². The number of hydrogen-bond donors (Lipinski definition) is 1. The minimum atomic E-state index is -0.140. The normalized spacial score (nSPS) is 15.2. The molecule has 2 heterocycles. The number of aromatic nitrogens is 2. The fourth-order valence-electron chi connectivity index (χ4n) is 2.90. The summed E-state index contributed by atoms with van der Waals surface area (Å²) in [5.41, 5.74) is 2.56. The van der Waals surface area contributed by atoms with Gasteiger partial charge < -0.3 is 14.7 Å². The van der Waals surface area contributed by atoms with Crippen molar-refractivity contribution in [1.29, 1.82) is 0 Å². The molecule has 0 radical (unpaired) electrons. The minimum Gasteiger partial charge on any atom is -0.349 e. The molecule has 2 aromatic rings. The predicted octanol–water partition coefficient (Wildman–Crippen LogP) is 3.85. The maximum atomic E-state index is 5.34. The van der Waals surface area contributed by atoms with E-state index in [9.17, 15) is 0 Å². The monoisotopic (exact) mass is 481 g/mol. The first kappa shape index (κ1) is 21.4. The highest BCUT2D eigenvalue weighted by Crippen LogP contribution is 2.22. The molecule has 3 rings (SSSR count). The summed E-state index contributed by atoms with van der Waals surface area (Å²) in [7, 11) is 1.80. The lowest BCUT2D eigenvalue weighted by Crippen LogP contribution is -2.43. The summed E-state index contributed by atoms with van der Waals surface area (Å²) in [5.74, 6) is 2.15. The van der Waals surface area contributed by atoms with Gasteiger partial charge in [-0.1, -0.05) is 62.3 Å². The van der Waals surface area contributed by atoms with E-state index in [-0.39, 0.29) is 29.4 Å². The molecule has 7 heteroatoms. The Morgan fingerprint density at radius 2 is 2.00 bits per heavy atom. The molecule has 1 aliphatic rings. The second-order valence-corrected chi connectivity index (χ2v) is 7.46. The lowest BCUT2D eigenvalue weighted by Gasteiger charge is -2.29. The van der Waals surface area contributed by atoms with Gasteiger partial charge in [-0.3, -0.25) is 4.99 Å². The first-order chi connectivity index (χ1) is 12.5. The van der Waals surface area contributed by atoms with Gasteiger partial charge in [-0.2, -0.15) is 4.98 Å². The summed E-state index contributed by atoms with van der Waals surface area (Å²) in [6.45, 7) is 8.43. The van der Waals surface area contributed by atoms with Crippen molar-refractivity contribution in [3.8, 4) is 0 Å². The van der Waals surface area contributed by atoms with Gasteiger partial charge in [0.05, 0.1) is 6.54 Å². The molecule has 0 atom stereocenters. The van der Waals surface area contributed by atoms with Gasteiger partial charge in [0.1, 0.15) is 0 Å². The summed E-state index contributed by atoms with van der Waals surface area (Å²) in [6, 6.07) is 10.5. The van der Waals surface area contributed by atoms with E-state index >= 15 is 0 Å². The summed E-state index contributed by atoms with van der Waals surface area (Å²) >= 11 is 0. The number of halogens is 1. The Labute approximate surface area is 178 Å². The molecule has 0 bridgehead atoms. The average Bonchev–Trinajstić information content (AvgIpc) is 3.13. The van der Waals surface area contributed by atoms with E-state index in [2.05, 4.69) is 76.5 Å². The summed E-state index contributed by atoms with van der Waals surface area (Å²) in [5, 5.41) is 7.39. The van der Waals surface area contributed by atoms with Crippen LogP contribution in [0.3, 0.4) is 0 Å². The second kappa shape index (κ2) is 9.34. The molecule has 6 nitrogen and oxygen atoms in total. The molecular weight excluding hydrogens is 453 g/mol. The largest absolute Gasteiger partial charge is 0.349 e. The van der Waals surface area contributed by atoms with Crippen LogP contribution in [0.15, 0.2) is 45.9 Å². The van der Waals surface area contributed by atoms with Crippen LogP contribution in [0.2, 0.25) is 0 Å². The van der Waals surface area contributed by atoms with E-state index in [0.717, 1.165) is 25.5 Å². The Balaban J connectivity index is 0.00000261. The lowest BCUT2D eigenvalue weighted by atomic mass is 9.97. The van der Waals surface area contributed by atoms with Crippen LogP contribution < -0.4 is 5.32 Å². The zero-order valence-corrected chi connectivity index (χ0v) is 18.7. The smallest absolute Gasteiger partial charge is 0.232 e. The quantitative estimate of drug-likeness (QED) is 0.410. The van der Waals surface area contributed by atoms with Crippen molar-refractivity contribution >= 4 is 35.5 Å². The fraction of sp³-hybridized carbons (Fsp3) is 0.450. The number of aliphatic imine (C=N–C) groups is 1. The van der Waals surface area contributed by atoms with Gasteiger partial charge in [0, 0.05) is 25.6 Å². The van der Waals surface area contributed by atoms with Crippen LogP contribution in [0.1, 0.15) is 44.5 Å². The molecule has 0 saturated heterocycles. The van der Waals surface area contributed by atoms with Crippen molar-refractivity contribution < 1.29 is 4.52 Å². The van der Waals surface area contributed by atoms with Gasteiger partial charge >= 0.3 is 0 Å². The van der Waals surface area contributed by atoms with Gasteiger partial charge in [0.2, 0.25) is 5.89 Å². The number of hydrogen-bond acceptors (Lipinski definition) is 4. The van der Waals surface area contributed by atoms with Crippen molar-refractivity contribution in [2.75, 3.05) is 20.1 Å². The molecule has 0 spiro atoms. The van der Waals surface area contributed by atoms with Crippen LogP contribution >= 0.6 is 24.0 Å². The predicted molar refractivity (Wildman–Crippen MR) is 119 cm³/mol. The maximum absolute atomic E-state index is 5.34. The minimum absolute atomic E-state index is 0. The average molecular weight is 481 g/mol. The molecule has 0 amide bonds. The lowest BCUT2D eigenvalue weighted by molar-refractivity contribution is 0.318. The first-order valence-electron chi connectivity index (χ1n) is 9.00. The first-order valence-corrected chi connectivity index (χ1v) is 9.00. The van der Waals surface area contributed by atoms with Crippen LogP contribution in [-0.2, 0) is 12.0 Å². The van der Waals surface area contributed by atoms with Crippen LogP contribution in [0.4, 0.5) is 0 Å². The van der Waals surface area contributed by atoms with Gasteiger partial charge in [-0.15, -0.1) is 24.0 Å². The Morgan fingerprint density at radius 1 is 1.26 bits per heavy atom. The van der Waals surface area contributed by atoms with Crippen LogP contribution in [0, 0.1) is 0 Å². The van der Waals surface area contributed by atoms with Crippen molar-refractivity contribution in [2.24, 2.45) is 4.99 Å². The van der Waals surface area contributed by atoms with Gasteiger partial charge in [-0.25, -0.2) is 0 Å². The third-order valence-corrected chi connectivity index (χ3v) is 4.38. The standard InChI is InChI=1S/C20H27N5O.HI/c1-20(2,3)18-23-17(24-26-18)14-22-19(21-4)25-12-10-16(11-13-25)15-8-6-5-7-9-15;/h5-10H,11-14H2,1-4H3,(H,21,22);1H. The number of nitrogens with one attached hydrogen (secondary N) is 1. The van der Waals surface area contributed by atoms with E-state index in [0.29, 0.717) is 18.3 Å². The molecule has 146 valence electrons. The Hall–Kier alpha value is -1.90. The fourth-order valence-corrected chi connectivity index (χ4v) is 2.90. The zero-order chi connectivity index (χ0) is 18.6. The number of guanidine groups is 1. The Bertz CT molecular complexity index is 792. The highest BCUT2D eigenvalue weighted by Gasteiger charge is 2.22. The van der Waals surface area contributed by atoms with Crippen molar-refractivity contribution in [3.63, 3.8) is 0 Å². The SMILES string of the molecule is CN=C(NCc1noc(C(C)(C)C)n1)N1CC=C(c2ccccc2)CC1.I. The molecule has 1 aromatic carbocycles. The molecule has 1 aliphatic heterocycles. The van der Waals surface area contributed by atoms with E-state index in [1.165, 1.54) is 11.1 Å². The molecular formula is C20H28IN5O. The Morgan fingerprint density at radius 3 is 2.56 bits per heavy atom. The number of nitrogens with zero attached hydrogens (tertiary/aromatic N) is 4. The van der Waals surface area contributed by atoms with Crippen LogP contribution in [-0.4, -0.2) is 41.1 Å². The molecule has 0 aliphatic carbocycles. The maximum Gasteiger partial charge on any atom is 0.232 e. The van der Waals surface area contributed by atoms with Crippen LogP contribution in [0.5, 0.6) is 0 Å².